The molecule has 4 heteroatoms. The second-order valence-electron chi connectivity index (χ2n) is 5.80. The number of ether oxygens (including phenoxy) is 1. The lowest BCUT2D eigenvalue weighted by Crippen LogP contribution is -2.40. The Morgan fingerprint density at radius 1 is 1.37 bits per heavy atom. The van der Waals surface area contributed by atoms with Crippen LogP contribution in [0.4, 0.5) is 10.5 Å². The zero-order valence-electron chi connectivity index (χ0n) is 12.4. The minimum Gasteiger partial charge on any atom is -0.444 e. The molecule has 0 spiro atoms. The average molecular weight is 264 g/mol. The molecule has 1 atom stereocenters. The molecule has 0 radical (unpaired) electrons. The third-order valence-electron chi connectivity index (χ3n) is 2.39. The van der Waals surface area contributed by atoms with Crippen molar-refractivity contribution in [3.63, 3.8) is 0 Å². The fourth-order valence-corrected chi connectivity index (χ4v) is 1.59. The van der Waals surface area contributed by atoms with E-state index in [2.05, 4.69) is 16.7 Å². The number of nitrogens with one attached hydrogen (secondary N) is 2. The van der Waals surface area contributed by atoms with Gasteiger partial charge in [0.1, 0.15) is 5.60 Å². The first-order valence-corrected chi connectivity index (χ1v) is 6.56. The van der Waals surface area contributed by atoms with Gasteiger partial charge in [0.2, 0.25) is 0 Å². The third kappa shape index (κ3) is 6.70. The quantitative estimate of drug-likeness (QED) is 0.877. The van der Waals surface area contributed by atoms with Gasteiger partial charge in [0.25, 0.3) is 0 Å². The number of carbonyl (C=O) groups excluding carboxylic acids is 1. The molecule has 0 aliphatic carbocycles. The van der Waals surface area contributed by atoms with Crippen LogP contribution >= 0.6 is 0 Å². The number of carbonyl (C=O) groups is 1. The Morgan fingerprint density at radius 3 is 2.63 bits per heavy atom. The lowest BCUT2D eigenvalue weighted by molar-refractivity contribution is 0.0511. The first kappa shape index (κ1) is 15.3. The summed E-state index contributed by atoms with van der Waals surface area (Å²) in [5, 5.41) is 6.08. The lowest BCUT2D eigenvalue weighted by atomic mass is 10.2. The van der Waals surface area contributed by atoms with E-state index in [4.69, 9.17) is 4.74 Å². The number of hydrogen-bond donors (Lipinski definition) is 2. The number of hydrogen-bond acceptors (Lipinski definition) is 3. The molecule has 0 saturated heterocycles. The Labute approximate surface area is 115 Å². The van der Waals surface area contributed by atoms with Gasteiger partial charge in [-0.15, -0.1) is 0 Å². The third-order valence-corrected chi connectivity index (χ3v) is 2.39. The summed E-state index contributed by atoms with van der Waals surface area (Å²) in [5.74, 6) is 0. The van der Waals surface area contributed by atoms with E-state index in [9.17, 15) is 4.79 Å². The molecule has 0 aliphatic heterocycles. The summed E-state index contributed by atoms with van der Waals surface area (Å²) < 4.78 is 5.20. The van der Waals surface area contributed by atoms with E-state index in [1.165, 1.54) is 5.56 Å². The molecule has 1 aromatic carbocycles. The maximum atomic E-state index is 11.6. The summed E-state index contributed by atoms with van der Waals surface area (Å²) in [6, 6.07) is 8.13. The van der Waals surface area contributed by atoms with Crippen LogP contribution in [0.1, 0.15) is 33.3 Å². The largest absolute Gasteiger partial charge is 0.444 e. The standard InChI is InChI=1S/C15H24N2O2/c1-11-7-6-8-13(9-11)16-10-12(2)17-14(18)19-15(3,4)5/h6-9,12,16H,10H2,1-5H3,(H,17,18). The highest BCUT2D eigenvalue weighted by molar-refractivity contribution is 5.68. The molecule has 0 aliphatic rings. The van der Waals surface area contributed by atoms with Gasteiger partial charge in [-0.05, 0) is 52.3 Å². The summed E-state index contributed by atoms with van der Waals surface area (Å²) in [5.41, 5.74) is 1.80. The first-order valence-electron chi connectivity index (χ1n) is 6.56. The van der Waals surface area contributed by atoms with Crippen molar-refractivity contribution in [2.75, 3.05) is 11.9 Å². The zero-order valence-corrected chi connectivity index (χ0v) is 12.4. The molecular formula is C15H24N2O2. The number of anilines is 1. The minimum absolute atomic E-state index is 0.00429. The SMILES string of the molecule is Cc1cccc(NCC(C)NC(=O)OC(C)(C)C)c1. The second-order valence-corrected chi connectivity index (χ2v) is 5.80. The predicted octanol–water partition coefficient (Wildman–Crippen LogP) is 3.32. The highest BCUT2D eigenvalue weighted by atomic mass is 16.6. The number of aryl methyl sites for hydroxylation is 1. The van der Waals surface area contributed by atoms with Gasteiger partial charge in [-0.1, -0.05) is 12.1 Å². The molecule has 0 aromatic heterocycles. The molecule has 1 amide bonds. The topological polar surface area (TPSA) is 50.4 Å². The molecule has 106 valence electrons. The van der Waals surface area contributed by atoms with E-state index in [-0.39, 0.29) is 12.1 Å². The highest BCUT2D eigenvalue weighted by Crippen LogP contribution is 2.10. The number of alkyl carbamates (subject to hydrolysis) is 1. The number of benzene rings is 1. The van der Waals surface area contributed by atoms with Crippen LogP contribution in [0.15, 0.2) is 24.3 Å². The smallest absolute Gasteiger partial charge is 0.407 e. The molecule has 4 nitrogen and oxygen atoms in total. The fourth-order valence-electron chi connectivity index (χ4n) is 1.59. The van der Waals surface area contributed by atoms with Crippen LogP contribution in [0.25, 0.3) is 0 Å². The highest BCUT2D eigenvalue weighted by Gasteiger charge is 2.17. The summed E-state index contributed by atoms with van der Waals surface area (Å²) >= 11 is 0. The van der Waals surface area contributed by atoms with Crippen molar-refractivity contribution < 1.29 is 9.53 Å². The zero-order chi connectivity index (χ0) is 14.5. The van der Waals surface area contributed by atoms with Gasteiger partial charge in [0.05, 0.1) is 0 Å². The van der Waals surface area contributed by atoms with Crippen molar-refractivity contribution in [1.29, 1.82) is 0 Å². The van der Waals surface area contributed by atoms with Crippen molar-refractivity contribution in [1.82, 2.24) is 5.32 Å². The first-order chi connectivity index (χ1) is 8.76. The Hall–Kier alpha value is -1.71. The molecule has 0 heterocycles. The van der Waals surface area contributed by atoms with Gasteiger partial charge in [0, 0.05) is 18.3 Å². The Morgan fingerprint density at radius 2 is 2.05 bits per heavy atom. The maximum absolute atomic E-state index is 11.6. The van der Waals surface area contributed by atoms with Gasteiger partial charge in [-0.2, -0.15) is 0 Å². The molecular weight excluding hydrogens is 240 g/mol. The predicted molar refractivity (Wildman–Crippen MR) is 78.5 cm³/mol. The van der Waals surface area contributed by atoms with Gasteiger partial charge < -0.3 is 15.4 Å². The summed E-state index contributed by atoms with van der Waals surface area (Å²) in [4.78, 5) is 11.6. The van der Waals surface area contributed by atoms with Crippen LogP contribution in [0.2, 0.25) is 0 Å². The average Bonchev–Trinajstić information content (AvgIpc) is 2.23. The molecule has 0 bridgehead atoms. The maximum Gasteiger partial charge on any atom is 0.407 e. The van der Waals surface area contributed by atoms with Crippen LogP contribution in [0, 0.1) is 6.92 Å². The van der Waals surface area contributed by atoms with Crippen LogP contribution in [0.3, 0.4) is 0 Å². The monoisotopic (exact) mass is 264 g/mol. The molecule has 2 N–H and O–H groups in total. The van der Waals surface area contributed by atoms with E-state index in [0.717, 1.165) is 5.69 Å². The van der Waals surface area contributed by atoms with Crippen molar-refractivity contribution in [2.24, 2.45) is 0 Å². The second kappa shape index (κ2) is 6.45. The van der Waals surface area contributed by atoms with Crippen LogP contribution in [0.5, 0.6) is 0 Å². The van der Waals surface area contributed by atoms with E-state index >= 15 is 0 Å². The van der Waals surface area contributed by atoms with Gasteiger partial charge in [-0.3, -0.25) is 0 Å². The minimum atomic E-state index is -0.465. The molecule has 19 heavy (non-hydrogen) atoms. The van der Waals surface area contributed by atoms with E-state index in [1.807, 2.05) is 52.8 Å². The number of amides is 1. The van der Waals surface area contributed by atoms with Crippen molar-refractivity contribution in [3.05, 3.63) is 29.8 Å². The van der Waals surface area contributed by atoms with Crippen LogP contribution in [-0.2, 0) is 4.74 Å². The van der Waals surface area contributed by atoms with Crippen LogP contribution in [-0.4, -0.2) is 24.3 Å². The normalized spacial score (nSPS) is 12.7. The van der Waals surface area contributed by atoms with Crippen LogP contribution < -0.4 is 10.6 Å². The Kier molecular flexibility index (Phi) is 5.21. The Bertz CT molecular complexity index is 424. The molecule has 1 unspecified atom stereocenters. The summed E-state index contributed by atoms with van der Waals surface area (Å²) in [7, 11) is 0. The van der Waals surface area contributed by atoms with E-state index in [1.54, 1.807) is 0 Å². The van der Waals surface area contributed by atoms with Crippen molar-refractivity contribution in [3.8, 4) is 0 Å². The van der Waals surface area contributed by atoms with Gasteiger partial charge in [-0.25, -0.2) is 4.79 Å². The lowest BCUT2D eigenvalue weighted by Gasteiger charge is -2.22. The molecule has 0 fully saturated rings. The van der Waals surface area contributed by atoms with Crippen molar-refractivity contribution >= 4 is 11.8 Å². The fraction of sp³-hybridized carbons (Fsp3) is 0.533. The van der Waals surface area contributed by atoms with Gasteiger partial charge >= 0.3 is 6.09 Å². The molecule has 1 aromatic rings. The van der Waals surface area contributed by atoms with E-state index in [0.29, 0.717) is 6.54 Å². The van der Waals surface area contributed by atoms with Crippen molar-refractivity contribution in [2.45, 2.75) is 46.3 Å². The summed E-state index contributed by atoms with van der Waals surface area (Å²) in [6.07, 6.45) is -0.383. The van der Waals surface area contributed by atoms with E-state index < -0.39 is 5.60 Å². The van der Waals surface area contributed by atoms with Gasteiger partial charge in [0.15, 0.2) is 0 Å². The molecule has 1 rings (SSSR count). The summed E-state index contributed by atoms with van der Waals surface area (Å²) in [6.45, 7) is 10.2. The molecule has 0 saturated carbocycles. The Balaban J connectivity index is 2.36. The number of rotatable bonds is 4.